The summed E-state index contributed by atoms with van der Waals surface area (Å²) in [6.45, 7) is 4.88. The Kier molecular flexibility index (Phi) is 6.90. The van der Waals surface area contributed by atoms with Crippen LogP contribution in [-0.4, -0.2) is 41.6 Å². The number of pyridine rings is 1. The first kappa shape index (κ1) is 21.2. The second-order valence-corrected chi connectivity index (χ2v) is 6.80. The van der Waals surface area contributed by atoms with Crippen LogP contribution in [0.25, 0.3) is 5.82 Å². The van der Waals surface area contributed by atoms with Crippen molar-refractivity contribution >= 4 is 6.03 Å². The molecule has 0 spiro atoms. The number of rotatable bonds is 8. The van der Waals surface area contributed by atoms with Gasteiger partial charge in [-0.1, -0.05) is 12.1 Å². The van der Waals surface area contributed by atoms with Gasteiger partial charge in [0, 0.05) is 25.0 Å². The second kappa shape index (κ2) is 9.78. The Labute approximate surface area is 176 Å². The number of nitrogens with one attached hydrogen (secondary N) is 2. The molecule has 0 unspecified atom stereocenters. The number of hydrogen-bond donors (Lipinski definition) is 2. The van der Waals surface area contributed by atoms with Crippen LogP contribution < -0.4 is 20.1 Å². The third-order valence-electron chi connectivity index (χ3n) is 4.87. The predicted octanol–water partition coefficient (Wildman–Crippen LogP) is 2.94. The smallest absolute Gasteiger partial charge is 0.315 e. The van der Waals surface area contributed by atoms with Gasteiger partial charge in [-0.25, -0.2) is 14.5 Å². The molecule has 0 aliphatic rings. The van der Waals surface area contributed by atoms with E-state index in [0.29, 0.717) is 31.0 Å². The molecule has 0 fully saturated rings. The zero-order chi connectivity index (χ0) is 21.5. The molecule has 158 valence electrons. The van der Waals surface area contributed by atoms with Gasteiger partial charge in [-0.3, -0.25) is 0 Å². The van der Waals surface area contributed by atoms with Crippen LogP contribution in [0.15, 0.2) is 42.6 Å². The number of amides is 2. The summed E-state index contributed by atoms with van der Waals surface area (Å²) in [4.78, 5) is 16.5. The number of methoxy groups -OCH3 is 2. The number of carbonyl (C=O) groups is 1. The van der Waals surface area contributed by atoms with E-state index in [-0.39, 0.29) is 6.03 Å². The molecule has 0 aliphatic carbocycles. The zero-order valence-corrected chi connectivity index (χ0v) is 17.7. The van der Waals surface area contributed by atoms with Crippen LogP contribution >= 0.6 is 0 Å². The fourth-order valence-electron chi connectivity index (χ4n) is 3.28. The lowest BCUT2D eigenvalue weighted by molar-refractivity contribution is 0.240. The van der Waals surface area contributed by atoms with Gasteiger partial charge in [-0.2, -0.15) is 5.10 Å². The number of hydrogen-bond acceptors (Lipinski definition) is 5. The Morgan fingerprint density at radius 2 is 1.87 bits per heavy atom. The van der Waals surface area contributed by atoms with Crippen molar-refractivity contribution in [1.29, 1.82) is 0 Å². The highest BCUT2D eigenvalue weighted by atomic mass is 16.5. The summed E-state index contributed by atoms with van der Waals surface area (Å²) in [5.74, 6) is 2.07. The topological polar surface area (TPSA) is 90.3 Å². The van der Waals surface area contributed by atoms with E-state index in [1.54, 1.807) is 20.4 Å². The van der Waals surface area contributed by atoms with Crippen molar-refractivity contribution in [1.82, 2.24) is 25.4 Å². The van der Waals surface area contributed by atoms with Crippen molar-refractivity contribution in [3.8, 4) is 17.3 Å². The molecular formula is C22H27N5O3. The highest BCUT2D eigenvalue weighted by Gasteiger charge is 2.13. The van der Waals surface area contributed by atoms with E-state index in [2.05, 4.69) is 20.7 Å². The molecule has 0 saturated heterocycles. The lowest BCUT2D eigenvalue weighted by atomic mass is 10.1. The Morgan fingerprint density at radius 3 is 2.57 bits per heavy atom. The van der Waals surface area contributed by atoms with Gasteiger partial charge in [0.15, 0.2) is 17.3 Å². The summed E-state index contributed by atoms with van der Waals surface area (Å²) in [5.41, 5.74) is 4.00. The van der Waals surface area contributed by atoms with Gasteiger partial charge >= 0.3 is 6.03 Å². The lowest BCUT2D eigenvalue weighted by Gasteiger charge is -2.11. The van der Waals surface area contributed by atoms with Gasteiger partial charge in [-0.05, 0) is 55.7 Å². The first-order valence-corrected chi connectivity index (χ1v) is 9.72. The van der Waals surface area contributed by atoms with Crippen molar-refractivity contribution in [2.24, 2.45) is 0 Å². The normalized spacial score (nSPS) is 10.5. The molecule has 2 amide bonds. The van der Waals surface area contributed by atoms with Crippen LogP contribution in [0.5, 0.6) is 11.5 Å². The Hall–Kier alpha value is -3.55. The second-order valence-electron chi connectivity index (χ2n) is 6.80. The molecule has 2 N–H and O–H groups in total. The molecule has 8 heteroatoms. The minimum absolute atomic E-state index is 0.225. The summed E-state index contributed by atoms with van der Waals surface area (Å²) < 4.78 is 12.3. The van der Waals surface area contributed by atoms with Crippen molar-refractivity contribution in [2.75, 3.05) is 20.8 Å². The van der Waals surface area contributed by atoms with Crippen LogP contribution in [0.2, 0.25) is 0 Å². The van der Waals surface area contributed by atoms with Crippen LogP contribution in [0, 0.1) is 13.8 Å². The fraction of sp³-hybridized carbons (Fsp3) is 0.318. The summed E-state index contributed by atoms with van der Waals surface area (Å²) in [7, 11) is 3.18. The average Bonchev–Trinajstić information content (AvgIpc) is 3.06. The molecule has 30 heavy (non-hydrogen) atoms. The van der Waals surface area contributed by atoms with E-state index in [0.717, 1.165) is 28.3 Å². The highest BCUT2D eigenvalue weighted by molar-refractivity contribution is 5.73. The van der Waals surface area contributed by atoms with Gasteiger partial charge in [-0.15, -0.1) is 0 Å². The maximum absolute atomic E-state index is 12.2. The van der Waals surface area contributed by atoms with E-state index in [1.165, 1.54) is 0 Å². The maximum Gasteiger partial charge on any atom is 0.315 e. The lowest BCUT2D eigenvalue weighted by Crippen LogP contribution is -2.36. The molecule has 0 saturated carbocycles. The van der Waals surface area contributed by atoms with E-state index < -0.39 is 0 Å². The number of ether oxygens (including phenoxy) is 2. The third kappa shape index (κ3) is 4.89. The molecule has 1 aromatic carbocycles. The van der Waals surface area contributed by atoms with Crippen LogP contribution in [-0.2, 0) is 13.0 Å². The quantitative estimate of drug-likeness (QED) is 0.597. The first-order chi connectivity index (χ1) is 14.5. The maximum atomic E-state index is 12.2. The zero-order valence-electron chi connectivity index (χ0n) is 17.7. The molecule has 0 radical (unpaired) electrons. The Balaban J connectivity index is 1.52. The summed E-state index contributed by atoms with van der Waals surface area (Å²) in [5, 5.41) is 10.3. The van der Waals surface area contributed by atoms with E-state index in [4.69, 9.17) is 9.47 Å². The van der Waals surface area contributed by atoms with Crippen LogP contribution in [0.4, 0.5) is 4.79 Å². The fourth-order valence-corrected chi connectivity index (χ4v) is 3.28. The SMILES string of the molecule is COc1ccc(CNC(=O)NCCc2c(C)nn(-c3ccccn3)c2C)cc1OC. The standard InChI is InChI=1S/C22H27N5O3/c1-15-18(16(2)27(26-15)21-7-5-6-11-23-21)10-12-24-22(28)25-14-17-8-9-19(29-3)20(13-17)30-4/h5-9,11,13H,10,12,14H2,1-4H3,(H2,24,25,28). The van der Waals surface area contributed by atoms with Crippen molar-refractivity contribution in [3.05, 3.63) is 65.1 Å². The Morgan fingerprint density at radius 1 is 1.07 bits per heavy atom. The van der Waals surface area contributed by atoms with Crippen molar-refractivity contribution in [2.45, 2.75) is 26.8 Å². The number of carbonyl (C=O) groups excluding carboxylic acids is 1. The summed E-state index contributed by atoms with van der Waals surface area (Å²) in [6.07, 6.45) is 2.43. The predicted molar refractivity (Wildman–Crippen MR) is 114 cm³/mol. The Bertz CT molecular complexity index is 1000. The molecule has 0 bridgehead atoms. The number of aromatic nitrogens is 3. The van der Waals surface area contributed by atoms with Crippen LogP contribution in [0.1, 0.15) is 22.5 Å². The number of urea groups is 1. The van der Waals surface area contributed by atoms with Gasteiger partial charge < -0.3 is 20.1 Å². The molecule has 2 aromatic heterocycles. The molecule has 3 rings (SSSR count). The molecule has 2 heterocycles. The van der Waals surface area contributed by atoms with Gasteiger partial charge in [0.1, 0.15) is 0 Å². The largest absolute Gasteiger partial charge is 0.493 e. The summed E-state index contributed by atoms with van der Waals surface area (Å²) >= 11 is 0. The van der Waals surface area contributed by atoms with E-state index in [1.807, 2.05) is 54.9 Å². The number of aryl methyl sites for hydroxylation is 1. The van der Waals surface area contributed by atoms with Gasteiger partial charge in [0.05, 0.1) is 19.9 Å². The van der Waals surface area contributed by atoms with Crippen LogP contribution in [0.3, 0.4) is 0 Å². The highest BCUT2D eigenvalue weighted by Crippen LogP contribution is 2.27. The molecule has 0 atom stereocenters. The monoisotopic (exact) mass is 409 g/mol. The molecule has 8 nitrogen and oxygen atoms in total. The van der Waals surface area contributed by atoms with E-state index >= 15 is 0 Å². The average molecular weight is 409 g/mol. The van der Waals surface area contributed by atoms with E-state index in [9.17, 15) is 4.79 Å². The first-order valence-electron chi connectivity index (χ1n) is 9.72. The minimum Gasteiger partial charge on any atom is -0.493 e. The van der Waals surface area contributed by atoms with Crippen molar-refractivity contribution < 1.29 is 14.3 Å². The number of benzene rings is 1. The molecule has 3 aromatic rings. The molecule has 0 aliphatic heterocycles. The summed E-state index contributed by atoms with van der Waals surface area (Å²) in [6, 6.07) is 11.1. The van der Waals surface area contributed by atoms with Gasteiger partial charge in [0.2, 0.25) is 0 Å². The number of nitrogens with zero attached hydrogens (tertiary/aromatic N) is 3. The van der Waals surface area contributed by atoms with Gasteiger partial charge in [0.25, 0.3) is 0 Å². The minimum atomic E-state index is -0.225. The van der Waals surface area contributed by atoms with Crippen molar-refractivity contribution in [3.63, 3.8) is 0 Å². The third-order valence-corrected chi connectivity index (χ3v) is 4.87. The molecular weight excluding hydrogens is 382 g/mol.